The van der Waals surface area contributed by atoms with Gasteiger partial charge >= 0.3 is 5.97 Å². The van der Waals surface area contributed by atoms with Crippen molar-refractivity contribution in [1.82, 2.24) is 4.98 Å². The van der Waals surface area contributed by atoms with Gasteiger partial charge in [-0.15, -0.1) is 22.7 Å². The Morgan fingerprint density at radius 1 is 1.15 bits per heavy atom. The lowest BCUT2D eigenvalue weighted by atomic mass is 9.86. The van der Waals surface area contributed by atoms with E-state index in [1.165, 1.54) is 10.4 Å². The predicted molar refractivity (Wildman–Crippen MR) is 114 cm³/mol. The highest BCUT2D eigenvalue weighted by molar-refractivity contribution is 7.14. The summed E-state index contributed by atoms with van der Waals surface area (Å²) < 4.78 is 0. The molecule has 0 radical (unpaired) electrons. The van der Waals surface area contributed by atoms with Gasteiger partial charge in [-0.05, 0) is 22.4 Å². The molecule has 0 aliphatic carbocycles. The summed E-state index contributed by atoms with van der Waals surface area (Å²) in [5, 5.41) is 14.0. The molecule has 2 aromatic heterocycles. The highest BCUT2D eigenvalue weighted by Gasteiger charge is 2.16. The maximum absolute atomic E-state index is 11.0. The SMILES string of the molecule is CC(C)(C)c1ccc(-c2csc(N(CCC(=O)O)Cc3cccs3)n2)cc1. The van der Waals surface area contributed by atoms with Gasteiger partial charge < -0.3 is 10.0 Å². The minimum Gasteiger partial charge on any atom is -0.481 e. The average Bonchev–Trinajstić information content (AvgIpc) is 3.29. The predicted octanol–water partition coefficient (Wildman–Crippen LogP) is 5.65. The van der Waals surface area contributed by atoms with Crippen LogP contribution in [0.25, 0.3) is 11.3 Å². The second kappa shape index (κ2) is 8.23. The highest BCUT2D eigenvalue weighted by Crippen LogP contribution is 2.31. The molecule has 0 atom stereocenters. The van der Waals surface area contributed by atoms with Crippen LogP contribution >= 0.6 is 22.7 Å². The van der Waals surface area contributed by atoms with Crippen LogP contribution in [0.2, 0.25) is 0 Å². The molecule has 0 amide bonds. The Bertz CT molecular complexity index is 878. The van der Waals surface area contributed by atoms with Crippen LogP contribution in [0.1, 0.15) is 37.6 Å². The fourth-order valence-corrected chi connectivity index (χ4v) is 4.33. The first-order valence-electron chi connectivity index (χ1n) is 8.88. The Labute approximate surface area is 168 Å². The topological polar surface area (TPSA) is 53.4 Å². The molecule has 0 fully saturated rings. The number of anilines is 1. The molecule has 27 heavy (non-hydrogen) atoms. The van der Waals surface area contributed by atoms with E-state index in [1.54, 1.807) is 22.7 Å². The van der Waals surface area contributed by atoms with Crippen molar-refractivity contribution in [3.8, 4) is 11.3 Å². The van der Waals surface area contributed by atoms with Gasteiger partial charge in [0, 0.05) is 22.4 Å². The van der Waals surface area contributed by atoms with E-state index in [-0.39, 0.29) is 11.8 Å². The van der Waals surface area contributed by atoms with Crippen LogP contribution in [0.15, 0.2) is 47.2 Å². The third-order valence-electron chi connectivity index (χ3n) is 4.33. The van der Waals surface area contributed by atoms with Crippen molar-refractivity contribution in [2.45, 2.75) is 39.2 Å². The molecule has 4 nitrogen and oxygen atoms in total. The molecule has 0 bridgehead atoms. The van der Waals surface area contributed by atoms with Gasteiger partial charge in [0.15, 0.2) is 5.13 Å². The molecule has 6 heteroatoms. The Morgan fingerprint density at radius 2 is 1.89 bits per heavy atom. The Morgan fingerprint density at radius 3 is 2.48 bits per heavy atom. The van der Waals surface area contributed by atoms with E-state index in [0.29, 0.717) is 13.1 Å². The lowest BCUT2D eigenvalue weighted by Gasteiger charge is -2.20. The van der Waals surface area contributed by atoms with Crippen LogP contribution in [-0.4, -0.2) is 22.6 Å². The van der Waals surface area contributed by atoms with Crippen LogP contribution in [-0.2, 0) is 16.8 Å². The summed E-state index contributed by atoms with van der Waals surface area (Å²) in [6.45, 7) is 7.74. The molecule has 0 aliphatic heterocycles. The molecule has 1 aromatic carbocycles. The number of nitrogens with zero attached hydrogens (tertiary/aromatic N) is 2. The van der Waals surface area contributed by atoms with Crippen molar-refractivity contribution < 1.29 is 9.90 Å². The fourth-order valence-electron chi connectivity index (χ4n) is 2.75. The molecular formula is C21H24N2O2S2. The van der Waals surface area contributed by atoms with E-state index in [2.05, 4.69) is 56.0 Å². The van der Waals surface area contributed by atoms with Crippen molar-refractivity contribution in [1.29, 1.82) is 0 Å². The zero-order chi connectivity index (χ0) is 19.4. The molecule has 0 aliphatic rings. The summed E-state index contributed by atoms with van der Waals surface area (Å²) in [5.74, 6) is -0.791. The van der Waals surface area contributed by atoms with E-state index in [4.69, 9.17) is 10.1 Å². The monoisotopic (exact) mass is 400 g/mol. The van der Waals surface area contributed by atoms with E-state index >= 15 is 0 Å². The van der Waals surface area contributed by atoms with E-state index in [9.17, 15) is 4.79 Å². The number of benzene rings is 1. The van der Waals surface area contributed by atoms with Crippen molar-refractivity contribution >= 4 is 33.8 Å². The number of aliphatic carboxylic acids is 1. The van der Waals surface area contributed by atoms with Gasteiger partial charge in [0.1, 0.15) is 0 Å². The number of carboxylic acids is 1. The smallest absolute Gasteiger partial charge is 0.305 e. The Balaban J connectivity index is 1.80. The normalized spacial score (nSPS) is 11.5. The van der Waals surface area contributed by atoms with Gasteiger partial charge in [-0.1, -0.05) is 51.1 Å². The van der Waals surface area contributed by atoms with Crippen LogP contribution in [0.5, 0.6) is 0 Å². The molecular weight excluding hydrogens is 376 g/mol. The minimum absolute atomic E-state index is 0.0978. The van der Waals surface area contributed by atoms with Crippen LogP contribution in [0.4, 0.5) is 5.13 Å². The number of thiazole rings is 1. The summed E-state index contributed by atoms with van der Waals surface area (Å²) >= 11 is 3.24. The third kappa shape index (κ3) is 5.17. The lowest BCUT2D eigenvalue weighted by Crippen LogP contribution is -2.25. The van der Waals surface area contributed by atoms with E-state index in [1.807, 2.05) is 16.8 Å². The Hall–Kier alpha value is -2.18. The molecule has 3 aromatic rings. The standard InChI is InChI=1S/C21H24N2O2S2/c1-21(2,3)16-8-6-15(7-9-16)18-14-27-20(22-18)23(11-10-19(24)25)13-17-5-4-12-26-17/h4-9,12,14H,10-11,13H2,1-3H3,(H,24,25). The summed E-state index contributed by atoms with van der Waals surface area (Å²) in [6.07, 6.45) is 0.0978. The first kappa shape index (κ1) is 19.6. The van der Waals surface area contributed by atoms with Gasteiger partial charge in [-0.3, -0.25) is 4.79 Å². The highest BCUT2D eigenvalue weighted by atomic mass is 32.1. The van der Waals surface area contributed by atoms with E-state index < -0.39 is 5.97 Å². The number of rotatable bonds is 7. The maximum atomic E-state index is 11.0. The van der Waals surface area contributed by atoms with Crippen molar-refractivity contribution in [2.24, 2.45) is 0 Å². The summed E-state index contributed by atoms with van der Waals surface area (Å²) in [5.41, 5.74) is 3.43. The van der Waals surface area contributed by atoms with Gasteiger partial charge in [0.2, 0.25) is 0 Å². The number of hydrogen-bond acceptors (Lipinski definition) is 5. The number of carbonyl (C=O) groups is 1. The second-order valence-electron chi connectivity index (χ2n) is 7.49. The molecule has 2 heterocycles. The van der Waals surface area contributed by atoms with Crippen molar-refractivity contribution in [3.63, 3.8) is 0 Å². The van der Waals surface area contributed by atoms with E-state index in [0.717, 1.165) is 16.4 Å². The van der Waals surface area contributed by atoms with Crippen molar-refractivity contribution in [2.75, 3.05) is 11.4 Å². The minimum atomic E-state index is -0.791. The van der Waals surface area contributed by atoms with Crippen LogP contribution in [0, 0.1) is 0 Å². The van der Waals surface area contributed by atoms with Gasteiger partial charge in [0.25, 0.3) is 0 Å². The molecule has 0 saturated carbocycles. The molecule has 3 rings (SSSR count). The molecule has 142 valence electrons. The summed E-state index contributed by atoms with van der Waals surface area (Å²) in [4.78, 5) is 19.1. The number of hydrogen-bond donors (Lipinski definition) is 1. The van der Waals surface area contributed by atoms with Crippen LogP contribution in [0.3, 0.4) is 0 Å². The zero-order valence-electron chi connectivity index (χ0n) is 15.8. The third-order valence-corrected chi connectivity index (χ3v) is 6.09. The van der Waals surface area contributed by atoms with Crippen molar-refractivity contribution in [3.05, 3.63) is 57.6 Å². The number of thiophene rings is 1. The average molecular weight is 401 g/mol. The lowest BCUT2D eigenvalue weighted by molar-refractivity contribution is -0.136. The molecule has 0 saturated heterocycles. The second-order valence-corrected chi connectivity index (χ2v) is 9.36. The van der Waals surface area contributed by atoms with Gasteiger partial charge in [-0.25, -0.2) is 4.98 Å². The molecule has 0 spiro atoms. The first-order valence-corrected chi connectivity index (χ1v) is 10.6. The molecule has 1 N–H and O–H groups in total. The quantitative estimate of drug-likeness (QED) is 0.557. The first-order chi connectivity index (χ1) is 12.8. The summed E-state index contributed by atoms with van der Waals surface area (Å²) in [7, 11) is 0. The fraction of sp³-hybridized carbons (Fsp3) is 0.333. The largest absolute Gasteiger partial charge is 0.481 e. The summed E-state index contributed by atoms with van der Waals surface area (Å²) in [6, 6.07) is 12.6. The number of carboxylic acid groups (broad SMARTS) is 1. The number of aromatic nitrogens is 1. The van der Waals surface area contributed by atoms with Gasteiger partial charge in [0.05, 0.1) is 18.7 Å². The zero-order valence-corrected chi connectivity index (χ0v) is 17.4. The van der Waals surface area contributed by atoms with Gasteiger partial charge in [-0.2, -0.15) is 0 Å². The molecule has 0 unspecified atom stereocenters. The van der Waals surface area contributed by atoms with Crippen LogP contribution < -0.4 is 4.90 Å². The maximum Gasteiger partial charge on any atom is 0.305 e. The Kier molecular flexibility index (Phi) is 5.97.